The smallest absolute Gasteiger partial charge is 0.226 e. The van der Waals surface area contributed by atoms with Crippen molar-refractivity contribution in [1.82, 2.24) is 10.5 Å². The SMILES string of the molecule is CC1(CNC(=O)Cc2cc(COCc3ccccc3)on2)CCOC1. The van der Waals surface area contributed by atoms with Crippen LogP contribution in [0.25, 0.3) is 0 Å². The summed E-state index contributed by atoms with van der Waals surface area (Å²) in [6.45, 7) is 5.05. The summed E-state index contributed by atoms with van der Waals surface area (Å²) in [5.41, 5.74) is 1.75. The zero-order chi connectivity index (χ0) is 17.5. The maximum Gasteiger partial charge on any atom is 0.226 e. The minimum atomic E-state index is -0.0572. The molecule has 0 bridgehead atoms. The van der Waals surface area contributed by atoms with Gasteiger partial charge in [0.1, 0.15) is 6.61 Å². The Hall–Kier alpha value is -2.18. The van der Waals surface area contributed by atoms with Crippen molar-refractivity contribution in [3.05, 3.63) is 53.4 Å². The van der Waals surface area contributed by atoms with E-state index in [1.807, 2.05) is 30.3 Å². The molecule has 0 spiro atoms. The fourth-order valence-electron chi connectivity index (χ4n) is 2.74. The molecule has 0 radical (unpaired) electrons. The van der Waals surface area contributed by atoms with Crippen LogP contribution in [0.4, 0.5) is 0 Å². The molecule has 1 fully saturated rings. The quantitative estimate of drug-likeness (QED) is 0.796. The lowest BCUT2D eigenvalue weighted by Gasteiger charge is -2.21. The first-order valence-electron chi connectivity index (χ1n) is 8.54. The first-order chi connectivity index (χ1) is 12.1. The van der Waals surface area contributed by atoms with Gasteiger partial charge in [0.05, 0.1) is 25.3 Å². The van der Waals surface area contributed by atoms with Crippen LogP contribution >= 0.6 is 0 Å². The summed E-state index contributed by atoms with van der Waals surface area (Å²) in [6.07, 6.45) is 1.18. The van der Waals surface area contributed by atoms with Crippen LogP contribution in [0.2, 0.25) is 0 Å². The Kier molecular flexibility index (Phi) is 5.83. The molecule has 1 atom stereocenters. The molecule has 1 aromatic carbocycles. The van der Waals surface area contributed by atoms with Crippen LogP contribution in [0.1, 0.15) is 30.4 Å². The third-order valence-electron chi connectivity index (χ3n) is 4.32. The second kappa shape index (κ2) is 8.27. The fourth-order valence-corrected chi connectivity index (χ4v) is 2.74. The van der Waals surface area contributed by atoms with E-state index in [4.69, 9.17) is 14.0 Å². The van der Waals surface area contributed by atoms with Crippen LogP contribution in [0, 0.1) is 5.41 Å². The summed E-state index contributed by atoms with van der Waals surface area (Å²) in [5.74, 6) is 0.563. The van der Waals surface area contributed by atoms with Crippen LogP contribution < -0.4 is 5.32 Å². The van der Waals surface area contributed by atoms with Gasteiger partial charge < -0.3 is 19.3 Å². The highest BCUT2D eigenvalue weighted by Crippen LogP contribution is 2.26. The fraction of sp³-hybridized carbons (Fsp3) is 0.474. The molecular formula is C19H24N2O4. The molecule has 1 amide bonds. The van der Waals surface area contributed by atoms with Crippen LogP contribution in [0.3, 0.4) is 0 Å². The second-order valence-electron chi connectivity index (χ2n) is 6.83. The molecule has 2 aromatic rings. The van der Waals surface area contributed by atoms with Gasteiger partial charge in [-0.15, -0.1) is 0 Å². The van der Waals surface area contributed by atoms with E-state index in [-0.39, 0.29) is 17.7 Å². The van der Waals surface area contributed by atoms with E-state index in [0.717, 1.165) is 18.6 Å². The van der Waals surface area contributed by atoms with Crippen molar-refractivity contribution in [3.63, 3.8) is 0 Å². The van der Waals surface area contributed by atoms with Gasteiger partial charge in [-0.3, -0.25) is 4.79 Å². The molecule has 2 heterocycles. The largest absolute Gasteiger partial charge is 0.381 e. The van der Waals surface area contributed by atoms with Gasteiger partial charge in [-0.2, -0.15) is 0 Å². The van der Waals surface area contributed by atoms with E-state index >= 15 is 0 Å². The zero-order valence-corrected chi connectivity index (χ0v) is 14.5. The van der Waals surface area contributed by atoms with Crippen LogP contribution in [0.5, 0.6) is 0 Å². The molecule has 6 heteroatoms. The number of amides is 1. The molecule has 1 N–H and O–H groups in total. The van der Waals surface area contributed by atoms with Crippen molar-refractivity contribution in [2.45, 2.75) is 33.0 Å². The third kappa shape index (κ3) is 5.41. The van der Waals surface area contributed by atoms with E-state index < -0.39 is 0 Å². The van der Waals surface area contributed by atoms with Crippen LogP contribution in [-0.2, 0) is 33.9 Å². The number of rotatable bonds is 8. The molecule has 1 saturated heterocycles. The normalized spacial score (nSPS) is 19.9. The Bertz CT molecular complexity index is 678. The molecule has 25 heavy (non-hydrogen) atoms. The van der Waals surface area contributed by atoms with Crippen molar-refractivity contribution in [1.29, 1.82) is 0 Å². The Morgan fingerprint density at radius 3 is 2.92 bits per heavy atom. The summed E-state index contributed by atoms with van der Waals surface area (Å²) < 4.78 is 16.2. The van der Waals surface area contributed by atoms with Gasteiger partial charge in [-0.05, 0) is 12.0 Å². The van der Waals surface area contributed by atoms with E-state index in [2.05, 4.69) is 17.4 Å². The topological polar surface area (TPSA) is 73.6 Å². The molecule has 1 aromatic heterocycles. The highest BCUT2D eigenvalue weighted by Gasteiger charge is 2.30. The van der Waals surface area contributed by atoms with E-state index in [9.17, 15) is 4.79 Å². The highest BCUT2D eigenvalue weighted by molar-refractivity contribution is 5.78. The minimum Gasteiger partial charge on any atom is -0.381 e. The summed E-state index contributed by atoms with van der Waals surface area (Å²) in [4.78, 5) is 12.1. The predicted molar refractivity (Wildman–Crippen MR) is 91.7 cm³/mol. The standard InChI is InChI=1S/C19H24N2O4/c1-19(7-8-23-14-19)13-20-18(22)10-16-9-17(25-21-16)12-24-11-15-5-3-2-4-6-15/h2-6,9H,7-8,10-14H2,1H3,(H,20,22). The molecule has 6 nitrogen and oxygen atoms in total. The Balaban J connectivity index is 1.39. The first-order valence-corrected chi connectivity index (χ1v) is 8.54. The number of nitrogens with zero attached hydrogens (tertiary/aromatic N) is 1. The molecule has 1 unspecified atom stereocenters. The summed E-state index contributed by atoms with van der Waals surface area (Å²) in [6, 6.07) is 11.7. The van der Waals surface area contributed by atoms with Gasteiger partial charge >= 0.3 is 0 Å². The van der Waals surface area contributed by atoms with Gasteiger partial charge in [0.2, 0.25) is 5.91 Å². The van der Waals surface area contributed by atoms with Crippen molar-refractivity contribution >= 4 is 5.91 Å². The first kappa shape index (κ1) is 17.6. The van der Waals surface area contributed by atoms with E-state index in [0.29, 0.717) is 37.8 Å². The van der Waals surface area contributed by atoms with Gasteiger partial charge in [0.25, 0.3) is 0 Å². The molecule has 0 saturated carbocycles. The number of hydrogen-bond acceptors (Lipinski definition) is 5. The van der Waals surface area contributed by atoms with Crippen molar-refractivity contribution in [3.8, 4) is 0 Å². The maximum absolute atomic E-state index is 12.1. The number of hydrogen-bond donors (Lipinski definition) is 1. The van der Waals surface area contributed by atoms with E-state index in [1.54, 1.807) is 6.07 Å². The number of aromatic nitrogens is 1. The zero-order valence-electron chi connectivity index (χ0n) is 14.5. The lowest BCUT2D eigenvalue weighted by atomic mass is 9.90. The van der Waals surface area contributed by atoms with Crippen molar-refractivity contribution in [2.24, 2.45) is 5.41 Å². The van der Waals surface area contributed by atoms with Crippen LogP contribution in [-0.4, -0.2) is 30.8 Å². The summed E-state index contributed by atoms with van der Waals surface area (Å²) in [7, 11) is 0. The third-order valence-corrected chi connectivity index (χ3v) is 4.32. The van der Waals surface area contributed by atoms with Gasteiger partial charge in [0, 0.05) is 24.6 Å². The Morgan fingerprint density at radius 1 is 1.32 bits per heavy atom. The predicted octanol–water partition coefficient (Wildman–Crippen LogP) is 2.48. The summed E-state index contributed by atoms with van der Waals surface area (Å²) >= 11 is 0. The van der Waals surface area contributed by atoms with E-state index in [1.165, 1.54) is 0 Å². The minimum absolute atomic E-state index is 0.0376. The lowest BCUT2D eigenvalue weighted by molar-refractivity contribution is -0.121. The molecule has 3 rings (SSSR count). The summed E-state index contributed by atoms with van der Waals surface area (Å²) in [5, 5.41) is 6.89. The number of ether oxygens (including phenoxy) is 2. The average molecular weight is 344 g/mol. The van der Waals surface area contributed by atoms with Crippen molar-refractivity contribution < 1.29 is 18.8 Å². The van der Waals surface area contributed by atoms with Gasteiger partial charge in [0.15, 0.2) is 5.76 Å². The molecule has 0 aliphatic carbocycles. The lowest BCUT2D eigenvalue weighted by Crippen LogP contribution is -2.36. The number of nitrogens with one attached hydrogen (secondary N) is 1. The molecular weight excluding hydrogens is 320 g/mol. The number of carbonyl (C=O) groups excluding carboxylic acids is 1. The van der Waals surface area contributed by atoms with Crippen molar-refractivity contribution in [2.75, 3.05) is 19.8 Å². The molecule has 1 aliphatic heterocycles. The Morgan fingerprint density at radius 2 is 2.16 bits per heavy atom. The molecule has 1 aliphatic rings. The second-order valence-corrected chi connectivity index (χ2v) is 6.83. The van der Waals surface area contributed by atoms with Gasteiger partial charge in [-0.25, -0.2) is 0 Å². The monoisotopic (exact) mass is 344 g/mol. The maximum atomic E-state index is 12.1. The Labute approximate surface area is 147 Å². The molecule has 134 valence electrons. The number of carbonyl (C=O) groups is 1. The van der Waals surface area contributed by atoms with Gasteiger partial charge in [-0.1, -0.05) is 42.4 Å². The highest BCUT2D eigenvalue weighted by atomic mass is 16.5. The number of benzene rings is 1. The van der Waals surface area contributed by atoms with Crippen LogP contribution in [0.15, 0.2) is 40.9 Å². The average Bonchev–Trinajstić information content (AvgIpc) is 3.24.